The van der Waals surface area contributed by atoms with Crippen molar-refractivity contribution in [3.05, 3.63) is 29.8 Å². The highest BCUT2D eigenvalue weighted by molar-refractivity contribution is 5.24. The Morgan fingerprint density at radius 1 is 1.29 bits per heavy atom. The van der Waals surface area contributed by atoms with Gasteiger partial charge >= 0.3 is 0 Å². The summed E-state index contributed by atoms with van der Waals surface area (Å²) >= 11 is 0. The molecule has 0 heterocycles. The fraction of sp³-hybridized carbons (Fsp3) is 0.538. The van der Waals surface area contributed by atoms with Crippen LogP contribution in [0.25, 0.3) is 0 Å². The van der Waals surface area contributed by atoms with E-state index in [1.165, 1.54) is 12.1 Å². The lowest BCUT2D eigenvalue weighted by Gasteiger charge is -2.25. The minimum absolute atomic E-state index is 0.0935. The lowest BCUT2D eigenvalue weighted by Crippen LogP contribution is -2.34. The second-order valence-corrected chi connectivity index (χ2v) is 4.81. The molecule has 0 radical (unpaired) electrons. The van der Waals surface area contributed by atoms with E-state index in [1.54, 1.807) is 0 Å². The van der Waals surface area contributed by atoms with Crippen molar-refractivity contribution < 1.29 is 13.5 Å². The van der Waals surface area contributed by atoms with Gasteiger partial charge in [-0.25, -0.2) is 8.78 Å². The molecular formula is C13H19F2NO. The van der Waals surface area contributed by atoms with Crippen LogP contribution in [0, 0.1) is 17.0 Å². The van der Waals surface area contributed by atoms with Crippen LogP contribution >= 0.6 is 0 Å². The summed E-state index contributed by atoms with van der Waals surface area (Å²) in [4.78, 5) is 0. The van der Waals surface area contributed by atoms with Gasteiger partial charge in [0.25, 0.3) is 0 Å². The van der Waals surface area contributed by atoms with Gasteiger partial charge in [0.05, 0.1) is 6.61 Å². The summed E-state index contributed by atoms with van der Waals surface area (Å²) in [6.07, 6.45) is 0. The number of rotatable bonds is 6. The number of benzene rings is 1. The molecule has 0 saturated heterocycles. The molecule has 1 rings (SSSR count). The number of ether oxygens (including phenoxy) is 1. The Morgan fingerprint density at radius 3 is 2.59 bits per heavy atom. The lowest BCUT2D eigenvalue weighted by molar-refractivity contribution is 0.171. The molecule has 0 aliphatic carbocycles. The highest BCUT2D eigenvalue weighted by atomic mass is 19.1. The first-order valence-electron chi connectivity index (χ1n) is 5.73. The molecule has 0 aliphatic heterocycles. The van der Waals surface area contributed by atoms with Crippen LogP contribution in [0.5, 0.6) is 5.75 Å². The van der Waals surface area contributed by atoms with Crippen molar-refractivity contribution in [3.8, 4) is 5.75 Å². The van der Waals surface area contributed by atoms with Gasteiger partial charge in [0.15, 0.2) is 11.6 Å². The molecule has 96 valence electrons. The van der Waals surface area contributed by atoms with Gasteiger partial charge in [0, 0.05) is 18.0 Å². The standard InChI is InChI=1S/C13H19F2NO/c1-4-16-8-13(2,3)9-17-12-6-5-10(14)7-11(12)15/h5-7,16H,4,8-9H2,1-3H3. The van der Waals surface area contributed by atoms with Gasteiger partial charge in [-0.3, -0.25) is 0 Å². The molecule has 0 bridgehead atoms. The lowest BCUT2D eigenvalue weighted by atomic mass is 9.95. The van der Waals surface area contributed by atoms with Crippen molar-refractivity contribution >= 4 is 0 Å². The van der Waals surface area contributed by atoms with Crippen LogP contribution in [0.2, 0.25) is 0 Å². The van der Waals surface area contributed by atoms with Gasteiger partial charge in [-0.05, 0) is 18.7 Å². The molecule has 2 nitrogen and oxygen atoms in total. The van der Waals surface area contributed by atoms with E-state index in [2.05, 4.69) is 5.32 Å². The summed E-state index contributed by atoms with van der Waals surface area (Å²) in [6.45, 7) is 8.12. The third-order valence-corrected chi connectivity index (χ3v) is 2.37. The largest absolute Gasteiger partial charge is 0.490 e. The van der Waals surface area contributed by atoms with Gasteiger partial charge in [0.1, 0.15) is 5.82 Å². The van der Waals surface area contributed by atoms with E-state index in [0.717, 1.165) is 19.2 Å². The normalized spacial score (nSPS) is 11.6. The topological polar surface area (TPSA) is 21.3 Å². The first-order chi connectivity index (χ1) is 7.94. The van der Waals surface area contributed by atoms with E-state index >= 15 is 0 Å². The Labute approximate surface area is 101 Å². The predicted molar refractivity (Wildman–Crippen MR) is 64.2 cm³/mol. The summed E-state index contributed by atoms with van der Waals surface area (Å²) in [5.74, 6) is -1.16. The summed E-state index contributed by atoms with van der Waals surface area (Å²) in [5, 5.41) is 3.21. The van der Waals surface area contributed by atoms with Crippen molar-refractivity contribution in [2.75, 3.05) is 19.7 Å². The Kier molecular flexibility index (Phi) is 4.87. The van der Waals surface area contributed by atoms with E-state index < -0.39 is 11.6 Å². The molecule has 0 saturated carbocycles. The van der Waals surface area contributed by atoms with Crippen molar-refractivity contribution in [2.45, 2.75) is 20.8 Å². The fourth-order valence-corrected chi connectivity index (χ4v) is 1.38. The van der Waals surface area contributed by atoms with Crippen molar-refractivity contribution in [3.63, 3.8) is 0 Å². The molecular weight excluding hydrogens is 224 g/mol. The van der Waals surface area contributed by atoms with Crippen molar-refractivity contribution in [1.82, 2.24) is 5.32 Å². The van der Waals surface area contributed by atoms with E-state index in [9.17, 15) is 8.78 Å². The van der Waals surface area contributed by atoms with Gasteiger partial charge in [-0.1, -0.05) is 20.8 Å². The number of hydrogen-bond donors (Lipinski definition) is 1. The molecule has 17 heavy (non-hydrogen) atoms. The second-order valence-electron chi connectivity index (χ2n) is 4.81. The first-order valence-corrected chi connectivity index (χ1v) is 5.73. The zero-order chi connectivity index (χ0) is 12.9. The van der Waals surface area contributed by atoms with Crippen LogP contribution in [-0.2, 0) is 0 Å². The molecule has 1 aromatic rings. The Balaban J connectivity index is 2.54. The average Bonchev–Trinajstić information content (AvgIpc) is 2.25. The Bertz CT molecular complexity index is 366. The maximum Gasteiger partial charge on any atom is 0.167 e. The molecule has 0 atom stereocenters. The quantitative estimate of drug-likeness (QED) is 0.829. The van der Waals surface area contributed by atoms with Crippen LogP contribution in [0.3, 0.4) is 0 Å². The van der Waals surface area contributed by atoms with E-state index in [1.807, 2.05) is 20.8 Å². The summed E-state index contributed by atoms with van der Waals surface area (Å²) < 4.78 is 31.4. The summed E-state index contributed by atoms with van der Waals surface area (Å²) in [6, 6.07) is 3.33. The van der Waals surface area contributed by atoms with E-state index in [4.69, 9.17) is 4.74 Å². The third kappa shape index (κ3) is 4.69. The van der Waals surface area contributed by atoms with Gasteiger partial charge in [-0.15, -0.1) is 0 Å². The second kappa shape index (κ2) is 5.96. The minimum Gasteiger partial charge on any atom is -0.490 e. The summed E-state index contributed by atoms with van der Waals surface area (Å²) in [5.41, 5.74) is -0.100. The maximum absolute atomic E-state index is 13.3. The maximum atomic E-state index is 13.3. The van der Waals surface area contributed by atoms with Crippen molar-refractivity contribution in [2.24, 2.45) is 5.41 Å². The van der Waals surface area contributed by atoms with Gasteiger partial charge < -0.3 is 10.1 Å². The fourth-order valence-electron chi connectivity index (χ4n) is 1.38. The van der Waals surface area contributed by atoms with Gasteiger partial charge in [0.2, 0.25) is 0 Å². The molecule has 0 spiro atoms. The van der Waals surface area contributed by atoms with Crippen LogP contribution in [0.15, 0.2) is 18.2 Å². The molecule has 4 heteroatoms. The van der Waals surface area contributed by atoms with Crippen LogP contribution in [0.4, 0.5) is 8.78 Å². The SMILES string of the molecule is CCNCC(C)(C)COc1ccc(F)cc1F. The highest BCUT2D eigenvalue weighted by Gasteiger charge is 2.19. The smallest absolute Gasteiger partial charge is 0.167 e. The van der Waals surface area contributed by atoms with Gasteiger partial charge in [-0.2, -0.15) is 0 Å². The number of halogens is 2. The molecule has 0 fully saturated rings. The van der Waals surface area contributed by atoms with Crippen LogP contribution in [0.1, 0.15) is 20.8 Å². The van der Waals surface area contributed by atoms with E-state index in [-0.39, 0.29) is 11.2 Å². The molecule has 0 unspecified atom stereocenters. The molecule has 0 aliphatic rings. The Hall–Kier alpha value is -1.16. The number of hydrogen-bond acceptors (Lipinski definition) is 2. The van der Waals surface area contributed by atoms with E-state index in [0.29, 0.717) is 6.61 Å². The molecule has 1 N–H and O–H groups in total. The Morgan fingerprint density at radius 2 is 2.00 bits per heavy atom. The monoisotopic (exact) mass is 243 g/mol. The van der Waals surface area contributed by atoms with Crippen LogP contribution in [-0.4, -0.2) is 19.7 Å². The third-order valence-electron chi connectivity index (χ3n) is 2.37. The predicted octanol–water partition coefficient (Wildman–Crippen LogP) is 2.98. The first kappa shape index (κ1) is 13.9. The number of nitrogens with one attached hydrogen (secondary N) is 1. The molecule has 0 aromatic heterocycles. The minimum atomic E-state index is -0.663. The van der Waals surface area contributed by atoms with Crippen LogP contribution < -0.4 is 10.1 Å². The van der Waals surface area contributed by atoms with Crippen molar-refractivity contribution in [1.29, 1.82) is 0 Å². The zero-order valence-electron chi connectivity index (χ0n) is 10.5. The average molecular weight is 243 g/mol. The summed E-state index contributed by atoms with van der Waals surface area (Å²) in [7, 11) is 0. The molecule has 0 amide bonds. The highest BCUT2D eigenvalue weighted by Crippen LogP contribution is 2.21. The molecule has 1 aromatic carbocycles. The zero-order valence-corrected chi connectivity index (χ0v) is 10.5.